The molecule has 1 aliphatic rings. The highest BCUT2D eigenvalue weighted by molar-refractivity contribution is 6.74. The Labute approximate surface area is 180 Å². The molecule has 0 N–H and O–H groups in total. The normalized spacial score (nSPS) is 26.2. The van der Waals surface area contributed by atoms with Gasteiger partial charge in [-0.1, -0.05) is 71.0 Å². The number of rotatable bonds is 9. The van der Waals surface area contributed by atoms with E-state index in [0.717, 1.165) is 25.8 Å². The summed E-state index contributed by atoms with van der Waals surface area (Å²) in [5.74, 6) is 0.584. The van der Waals surface area contributed by atoms with Gasteiger partial charge in [-0.3, -0.25) is 4.84 Å². The zero-order valence-corrected chi connectivity index (χ0v) is 21.0. The van der Waals surface area contributed by atoms with Crippen LogP contribution in [0.4, 0.5) is 0 Å². The van der Waals surface area contributed by atoms with Gasteiger partial charge in [0.15, 0.2) is 8.32 Å². The van der Waals surface area contributed by atoms with Crippen molar-refractivity contribution < 1.29 is 9.26 Å². The molecule has 0 aromatic heterocycles. The lowest BCUT2D eigenvalue weighted by atomic mass is 9.78. The fraction of sp³-hybridized carbons (Fsp3) is 0.680. The van der Waals surface area contributed by atoms with Gasteiger partial charge < -0.3 is 4.43 Å². The summed E-state index contributed by atoms with van der Waals surface area (Å²) in [6.07, 6.45) is 5.03. The topological polar surface area (TPSA) is 21.7 Å². The van der Waals surface area contributed by atoms with Crippen molar-refractivity contribution in [2.45, 2.75) is 96.6 Å². The first-order chi connectivity index (χ1) is 13.3. The van der Waals surface area contributed by atoms with Gasteiger partial charge in [0.1, 0.15) is 5.60 Å². The number of hydroxylamine groups is 2. The van der Waals surface area contributed by atoms with Crippen LogP contribution in [0.3, 0.4) is 0 Å². The Bertz CT molecular complexity index is 667. The molecule has 4 heteroatoms. The van der Waals surface area contributed by atoms with Crippen LogP contribution in [0.25, 0.3) is 0 Å². The highest BCUT2D eigenvalue weighted by Crippen LogP contribution is 2.47. The molecule has 0 spiro atoms. The lowest BCUT2D eigenvalue weighted by Crippen LogP contribution is -2.45. The van der Waals surface area contributed by atoms with Crippen molar-refractivity contribution in [3.8, 4) is 0 Å². The Balaban J connectivity index is 2.28. The minimum absolute atomic E-state index is 0.0443. The molecule has 0 aliphatic carbocycles. The lowest BCUT2D eigenvalue weighted by molar-refractivity contribution is -0.233. The minimum atomic E-state index is -1.83. The van der Waals surface area contributed by atoms with Crippen molar-refractivity contribution in [3.63, 3.8) is 0 Å². The van der Waals surface area contributed by atoms with Gasteiger partial charge in [-0.15, -0.1) is 6.58 Å². The molecule has 1 aromatic rings. The summed E-state index contributed by atoms with van der Waals surface area (Å²) in [6, 6.07) is 10.6. The SMILES string of the molecule is C=CC[C@@]1(CC(C)C)C[C@](C)(CO[Si](C)(C)C(C)(C)C)ON1Cc1ccccc1. The van der Waals surface area contributed by atoms with E-state index >= 15 is 0 Å². The smallest absolute Gasteiger partial charge is 0.192 e. The first-order valence-electron chi connectivity index (χ1n) is 11.1. The highest BCUT2D eigenvalue weighted by Gasteiger charge is 2.53. The van der Waals surface area contributed by atoms with Gasteiger partial charge >= 0.3 is 0 Å². The van der Waals surface area contributed by atoms with Crippen molar-refractivity contribution >= 4 is 8.32 Å². The van der Waals surface area contributed by atoms with E-state index in [1.807, 2.05) is 0 Å². The molecule has 0 unspecified atom stereocenters. The van der Waals surface area contributed by atoms with Gasteiger partial charge in [-0.05, 0) is 49.4 Å². The third-order valence-electron chi connectivity index (χ3n) is 6.59. The van der Waals surface area contributed by atoms with Gasteiger partial charge in [-0.25, -0.2) is 0 Å². The molecule has 1 heterocycles. The molecule has 3 nitrogen and oxygen atoms in total. The molecule has 0 saturated carbocycles. The lowest BCUT2D eigenvalue weighted by Gasteiger charge is -2.38. The van der Waals surface area contributed by atoms with Crippen LogP contribution in [0, 0.1) is 5.92 Å². The van der Waals surface area contributed by atoms with Gasteiger partial charge in [0.05, 0.1) is 12.1 Å². The van der Waals surface area contributed by atoms with E-state index in [0.29, 0.717) is 12.5 Å². The van der Waals surface area contributed by atoms with E-state index in [2.05, 4.69) is 103 Å². The van der Waals surface area contributed by atoms with Crippen LogP contribution in [0.2, 0.25) is 18.1 Å². The molecule has 29 heavy (non-hydrogen) atoms. The number of hydrogen-bond donors (Lipinski definition) is 0. The summed E-state index contributed by atoms with van der Waals surface area (Å²) < 4.78 is 6.62. The third-order valence-corrected chi connectivity index (χ3v) is 11.1. The first kappa shape index (κ1) is 24.3. The van der Waals surface area contributed by atoms with E-state index in [1.165, 1.54) is 5.56 Å². The Morgan fingerprint density at radius 3 is 2.38 bits per heavy atom. The standard InChI is InChI=1S/C25H43NO2Si/c1-10-16-25(17-21(2)3)19-24(7,20-27-29(8,9)23(4,5)6)28-26(25)18-22-14-12-11-13-15-22/h10-15,21H,1,16-20H2,2-9H3/t24-,25-/m1/s1. The van der Waals surface area contributed by atoms with Crippen molar-refractivity contribution in [3.05, 3.63) is 48.6 Å². The Morgan fingerprint density at radius 1 is 1.24 bits per heavy atom. The van der Waals surface area contributed by atoms with Gasteiger partial charge in [0.25, 0.3) is 0 Å². The van der Waals surface area contributed by atoms with Gasteiger partial charge in [0, 0.05) is 13.0 Å². The zero-order chi connectivity index (χ0) is 21.9. The second-order valence-electron chi connectivity index (χ2n) is 11.1. The van der Waals surface area contributed by atoms with Crippen LogP contribution >= 0.6 is 0 Å². The number of nitrogens with zero attached hydrogens (tertiary/aromatic N) is 1. The molecule has 1 fully saturated rings. The second kappa shape index (κ2) is 9.05. The summed E-state index contributed by atoms with van der Waals surface area (Å²) >= 11 is 0. The van der Waals surface area contributed by atoms with Crippen molar-refractivity contribution in [2.24, 2.45) is 5.92 Å². The van der Waals surface area contributed by atoms with Crippen molar-refractivity contribution in [2.75, 3.05) is 6.61 Å². The Kier molecular flexibility index (Phi) is 7.59. The van der Waals surface area contributed by atoms with Crippen LogP contribution in [-0.2, 0) is 15.8 Å². The zero-order valence-electron chi connectivity index (χ0n) is 20.0. The van der Waals surface area contributed by atoms with Gasteiger partial charge in [-0.2, -0.15) is 5.06 Å². The van der Waals surface area contributed by atoms with Crippen LogP contribution in [-0.4, -0.2) is 31.1 Å². The predicted molar refractivity (Wildman–Crippen MR) is 126 cm³/mol. The summed E-state index contributed by atoms with van der Waals surface area (Å²) in [5, 5.41) is 2.45. The molecule has 2 atom stereocenters. The first-order valence-corrected chi connectivity index (χ1v) is 14.0. The van der Waals surface area contributed by atoms with Crippen LogP contribution in [0.15, 0.2) is 43.0 Å². The molecule has 0 amide bonds. The molecule has 1 saturated heterocycles. The van der Waals surface area contributed by atoms with E-state index in [1.54, 1.807) is 0 Å². The van der Waals surface area contributed by atoms with Gasteiger partial charge in [0.2, 0.25) is 0 Å². The highest BCUT2D eigenvalue weighted by atomic mass is 28.4. The van der Waals surface area contributed by atoms with E-state index in [4.69, 9.17) is 9.26 Å². The van der Waals surface area contributed by atoms with E-state index in [-0.39, 0.29) is 16.2 Å². The molecule has 1 aromatic carbocycles. The molecule has 1 aliphatic heterocycles. The summed E-state index contributed by atoms with van der Waals surface area (Å²) in [5.41, 5.74) is 0.915. The summed E-state index contributed by atoms with van der Waals surface area (Å²) in [7, 11) is -1.83. The van der Waals surface area contributed by atoms with Crippen LogP contribution in [0.1, 0.15) is 66.4 Å². The number of benzene rings is 1. The van der Waals surface area contributed by atoms with E-state index < -0.39 is 8.32 Å². The molecule has 164 valence electrons. The molecular weight excluding hydrogens is 374 g/mol. The maximum Gasteiger partial charge on any atom is 0.192 e. The van der Waals surface area contributed by atoms with Crippen molar-refractivity contribution in [1.82, 2.24) is 5.06 Å². The molecule has 0 radical (unpaired) electrons. The molecular formula is C25H43NO2Si. The fourth-order valence-electron chi connectivity index (χ4n) is 4.22. The quantitative estimate of drug-likeness (QED) is 0.320. The van der Waals surface area contributed by atoms with E-state index in [9.17, 15) is 0 Å². The van der Waals surface area contributed by atoms with Crippen LogP contribution in [0.5, 0.6) is 0 Å². The summed E-state index contributed by atoms with van der Waals surface area (Å²) in [4.78, 5) is 6.71. The predicted octanol–water partition coefficient (Wildman–Crippen LogP) is 6.97. The third kappa shape index (κ3) is 6.03. The fourth-order valence-corrected chi connectivity index (χ4v) is 5.31. The Morgan fingerprint density at radius 2 is 1.86 bits per heavy atom. The van der Waals surface area contributed by atoms with Crippen LogP contribution < -0.4 is 0 Å². The Hall–Kier alpha value is -0.943. The average molecular weight is 418 g/mol. The average Bonchev–Trinajstić information content (AvgIpc) is 2.85. The van der Waals surface area contributed by atoms with Crippen molar-refractivity contribution in [1.29, 1.82) is 0 Å². The molecule has 2 rings (SSSR count). The maximum atomic E-state index is 6.71. The second-order valence-corrected chi connectivity index (χ2v) is 15.9. The summed E-state index contributed by atoms with van der Waals surface area (Å²) in [6.45, 7) is 23.8. The largest absolute Gasteiger partial charge is 0.414 e. The minimum Gasteiger partial charge on any atom is -0.414 e. The maximum absolute atomic E-state index is 6.71. The monoisotopic (exact) mass is 417 g/mol. The number of hydrogen-bond acceptors (Lipinski definition) is 3. The molecule has 0 bridgehead atoms.